The second-order valence-electron chi connectivity index (χ2n) is 4.90. The van der Waals surface area contributed by atoms with Crippen LogP contribution in [-0.4, -0.2) is 19.4 Å². The number of anilines is 1. The van der Waals surface area contributed by atoms with Gasteiger partial charge in [0.2, 0.25) is 0 Å². The summed E-state index contributed by atoms with van der Waals surface area (Å²) in [5.41, 5.74) is 1.99. The largest absolute Gasteiger partial charge is 0.371 e. The lowest BCUT2D eigenvalue weighted by Gasteiger charge is -2.36. The summed E-state index contributed by atoms with van der Waals surface area (Å²) in [5.74, 6) is 1.57. The molecule has 2 nitrogen and oxygen atoms in total. The fourth-order valence-electron chi connectivity index (χ4n) is 2.26. The maximum Gasteiger partial charge on any atom is 0.150 e. The van der Waals surface area contributed by atoms with Crippen LogP contribution >= 0.6 is 0 Å². The van der Waals surface area contributed by atoms with Crippen LogP contribution in [0.15, 0.2) is 24.3 Å². The standard InChI is InChI=1S/C14H19NO/c1-11-7-8-15(9-12(11)2)14-5-3-13(10-16)4-6-14/h3-6,10-12H,7-9H2,1-2H3. The fourth-order valence-corrected chi connectivity index (χ4v) is 2.26. The van der Waals surface area contributed by atoms with Crippen LogP contribution in [0.2, 0.25) is 0 Å². The number of benzene rings is 1. The van der Waals surface area contributed by atoms with Crippen LogP contribution in [0.3, 0.4) is 0 Å². The van der Waals surface area contributed by atoms with Gasteiger partial charge in [-0.15, -0.1) is 0 Å². The SMILES string of the molecule is CC1CCN(c2ccc(C=O)cc2)CC1C. The number of hydrogen-bond donors (Lipinski definition) is 0. The first kappa shape index (κ1) is 11.2. The quantitative estimate of drug-likeness (QED) is 0.710. The first-order valence-electron chi connectivity index (χ1n) is 6.01. The van der Waals surface area contributed by atoms with Crippen molar-refractivity contribution >= 4 is 12.0 Å². The second kappa shape index (κ2) is 4.69. The molecule has 0 radical (unpaired) electrons. The minimum Gasteiger partial charge on any atom is -0.371 e. The number of carbonyl (C=O) groups is 1. The van der Waals surface area contributed by atoms with Crippen molar-refractivity contribution in [3.63, 3.8) is 0 Å². The van der Waals surface area contributed by atoms with Crippen LogP contribution < -0.4 is 4.90 Å². The van der Waals surface area contributed by atoms with Crippen molar-refractivity contribution in [2.75, 3.05) is 18.0 Å². The highest BCUT2D eigenvalue weighted by molar-refractivity contribution is 5.75. The highest BCUT2D eigenvalue weighted by Gasteiger charge is 2.22. The number of aldehydes is 1. The molecule has 0 saturated carbocycles. The Balaban J connectivity index is 2.09. The van der Waals surface area contributed by atoms with Crippen molar-refractivity contribution in [2.45, 2.75) is 20.3 Å². The van der Waals surface area contributed by atoms with E-state index in [4.69, 9.17) is 0 Å². The summed E-state index contributed by atoms with van der Waals surface area (Å²) >= 11 is 0. The molecule has 1 aliphatic heterocycles. The van der Waals surface area contributed by atoms with Gasteiger partial charge in [-0.25, -0.2) is 0 Å². The zero-order chi connectivity index (χ0) is 11.5. The van der Waals surface area contributed by atoms with Gasteiger partial charge in [-0.05, 0) is 42.5 Å². The summed E-state index contributed by atoms with van der Waals surface area (Å²) in [6.45, 7) is 6.90. The van der Waals surface area contributed by atoms with E-state index < -0.39 is 0 Å². The molecule has 1 aromatic rings. The predicted octanol–water partition coefficient (Wildman–Crippen LogP) is 2.98. The smallest absolute Gasteiger partial charge is 0.150 e. The van der Waals surface area contributed by atoms with E-state index in [0.29, 0.717) is 0 Å². The zero-order valence-electron chi connectivity index (χ0n) is 10.0. The van der Waals surface area contributed by atoms with Crippen molar-refractivity contribution in [1.29, 1.82) is 0 Å². The molecule has 0 aromatic heterocycles. The fraction of sp³-hybridized carbons (Fsp3) is 0.500. The van der Waals surface area contributed by atoms with Gasteiger partial charge >= 0.3 is 0 Å². The lowest BCUT2D eigenvalue weighted by molar-refractivity contribution is 0.112. The van der Waals surface area contributed by atoms with Gasteiger partial charge < -0.3 is 4.90 Å². The topological polar surface area (TPSA) is 20.3 Å². The Hall–Kier alpha value is -1.31. The van der Waals surface area contributed by atoms with Crippen molar-refractivity contribution in [3.05, 3.63) is 29.8 Å². The van der Waals surface area contributed by atoms with Gasteiger partial charge in [0.25, 0.3) is 0 Å². The highest BCUT2D eigenvalue weighted by atomic mass is 16.1. The van der Waals surface area contributed by atoms with E-state index in [-0.39, 0.29) is 0 Å². The molecule has 2 unspecified atom stereocenters. The van der Waals surface area contributed by atoms with Crippen LogP contribution in [0.5, 0.6) is 0 Å². The Bertz CT molecular complexity index is 358. The maximum atomic E-state index is 10.6. The van der Waals surface area contributed by atoms with Gasteiger partial charge in [-0.1, -0.05) is 13.8 Å². The molecule has 2 heteroatoms. The van der Waals surface area contributed by atoms with E-state index >= 15 is 0 Å². The minimum absolute atomic E-state index is 0.750. The van der Waals surface area contributed by atoms with Crippen LogP contribution in [-0.2, 0) is 0 Å². The number of rotatable bonds is 2. The maximum absolute atomic E-state index is 10.6. The molecule has 1 fully saturated rings. The Morgan fingerprint density at radius 1 is 1.19 bits per heavy atom. The Labute approximate surface area is 97.3 Å². The van der Waals surface area contributed by atoms with Crippen molar-refractivity contribution in [2.24, 2.45) is 11.8 Å². The Kier molecular flexibility index (Phi) is 3.28. The molecule has 16 heavy (non-hydrogen) atoms. The van der Waals surface area contributed by atoms with Crippen LogP contribution in [0.25, 0.3) is 0 Å². The second-order valence-corrected chi connectivity index (χ2v) is 4.90. The van der Waals surface area contributed by atoms with E-state index in [1.807, 2.05) is 24.3 Å². The molecule has 0 bridgehead atoms. The first-order chi connectivity index (χ1) is 7.70. The summed E-state index contributed by atoms with van der Waals surface area (Å²) in [6.07, 6.45) is 2.15. The van der Waals surface area contributed by atoms with E-state index in [0.717, 1.165) is 36.8 Å². The van der Waals surface area contributed by atoms with E-state index in [1.165, 1.54) is 12.1 Å². The van der Waals surface area contributed by atoms with Crippen LogP contribution in [0.1, 0.15) is 30.6 Å². The van der Waals surface area contributed by atoms with Gasteiger partial charge in [0.1, 0.15) is 6.29 Å². The molecule has 2 rings (SSSR count). The third-order valence-corrected chi connectivity index (χ3v) is 3.73. The molecule has 0 N–H and O–H groups in total. The lowest BCUT2D eigenvalue weighted by atomic mass is 9.88. The molecular formula is C14H19NO. The number of piperidine rings is 1. The monoisotopic (exact) mass is 217 g/mol. The molecule has 1 aromatic carbocycles. The van der Waals surface area contributed by atoms with Crippen molar-refractivity contribution in [3.8, 4) is 0 Å². The summed E-state index contributed by atoms with van der Waals surface area (Å²) in [4.78, 5) is 13.0. The lowest BCUT2D eigenvalue weighted by Crippen LogP contribution is -2.38. The van der Waals surface area contributed by atoms with Crippen LogP contribution in [0, 0.1) is 11.8 Å². The average Bonchev–Trinajstić information content (AvgIpc) is 2.33. The van der Waals surface area contributed by atoms with Crippen molar-refractivity contribution in [1.82, 2.24) is 0 Å². The molecule has 2 atom stereocenters. The van der Waals surface area contributed by atoms with E-state index in [2.05, 4.69) is 18.7 Å². The summed E-state index contributed by atoms with van der Waals surface area (Å²) in [5, 5.41) is 0. The van der Waals surface area contributed by atoms with Gasteiger partial charge in [-0.3, -0.25) is 4.79 Å². The van der Waals surface area contributed by atoms with Crippen LogP contribution in [0.4, 0.5) is 5.69 Å². The van der Waals surface area contributed by atoms with Gasteiger partial charge in [0, 0.05) is 24.3 Å². The molecule has 1 heterocycles. The summed E-state index contributed by atoms with van der Waals surface area (Å²) in [7, 11) is 0. The normalized spacial score (nSPS) is 25.5. The van der Waals surface area contributed by atoms with E-state index in [9.17, 15) is 4.79 Å². The third-order valence-electron chi connectivity index (χ3n) is 3.73. The van der Waals surface area contributed by atoms with Crippen molar-refractivity contribution < 1.29 is 4.79 Å². The molecule has 0 spiro atoms. The molecule has 1 aliphatic rings. The first-order valence-corrected chi connectivity index (χ1v) is 6.01. The molecule has 1 saturated heterocycles. The minimum atomic E-state index is 0.750. The summed E-state index contributed by atoms with van der Waals surface area (Å²) < 4.78 is 0. The zero-order valence-corrected chi connectivity index (χ0v) is 10.0. The summed E-state index contributed by atoms with van der Waals surface area (Å²) in [6, 6.07) is 7.88. The molecule has 86 valence electrons. The van der Waals surface area contributed by atoms with E-state index in [1.54, 1.807) is 0 Å². The number of nitrogens with zero attached hydrogens (tertiary/aromatic N) is 1. The molecule has 0 amide bonds. The number of carbonyl (C=O) groups excluding carboxylic acids is 1. The number of hydrogen-bond acceptors (Lipinski definition) is 2. The molecular weight excluding hydrogens is 198 g/mol. The predicted molar refractivity (Wildman–Crippen MR) is 67.0 cm³/mol. The van der Waals surface area contributed by atoms with Gasteiger partial charge in [-0.2, -0.15) is 0 Å². The van der Waals surface area contributed by atoms with Gasteiger partial charge in [0.05, 0.1) is 0 Å². The Morgan fingerprint density at radius 3 is 2.44 bits per heavy atom. The van der Waals surface area contributed by atoms with Gasteiger partial charge in [0.15, 0.2) is 0 Å². The molecule has 0 aliphatic carbocycles. The Morgan fingerprint density at radius 2 is 1.88 bits per heavy atom. The third kappa shape index (κ3) is 2.26. The average molecular weight is 217 g/mol. The highest BCUT2D eigenvalue weighted by Crippen LogP contribution is 2.26.